The maximum atomic E-state index is 12.2. The standard InChI is InChI=1S/C13H13N5OS/c1-8(2)18-15-6-12(17-18)16-13(19)9-3-4-10-11(5-9)20-7-14-10/h3-8H,1-2H3,(H,16,17,19). The normalized spacial score (nSPS) is 11.2. The molecule has 0 bridgehead atoms. The Morgan fingerprint density at radius 2 is 2.25 bits per heavy atom. The van der Waals surface area contributed by atoms with Gasteiger partial charge in [-0.2, -0.15) is 9.90 Å². The van der Waals surface area contributed by atoms with Crippen molar-refractivity contribution >= 4 is 33.3 Å². The molecule has 20 heavy (non-hydrogen) atoms. The summed E-state index contributed by atoms with van der Waals surface area (Å²) < 4.78 is 0.989. The topological polar surface area (TPSA) is 72.7 Å². The SMILES string of the molecule is CC(C)n1ncc(NC(=O)c2ccc3ncsc3c2)n1. The van der Waals surface area contributed by atoms with Crippen LogP contribution in [0.25, 0.3) is 10.2 Å². The van der Waals surface area contributed by atoms with Crippen LogP contribution < -0.4 is 5.32 Å². The van der Waals surface area contributed by atoms with Gasteiger partial charge in [0.15, 0.2) is 5.82 Å². The van der Waals surface area contributed by atoms with Gasteiger partial charge in [0.1, 0.15) is 0 Å². The van der Waals surface area contributed by atoms with E-state index >= 15 is 0 Å². The number of carbonyl (C=O) groups is 1. The van der Waals surface area contributed by atoms with E-state index in [1.54, 1.807) is 22.6 Å². The third-order valence-corrected chi connectivity index (χ3v) is 3.60. The molecule has 0 aliphatic carbocycles. The number of thiazole rings is 1. The minimum Gasteiger partial charge on any atom is -0.304 e. The number of hydrogen-bond acceptors (Lipinski definition) is 5. The summed E-state index contributed by atoms with van der Waals surface area (Å²) in [6.45, 7) is 3.95. The highest BCUT2D eigenvalue weighted by atomic mass is 32.1. The molecule has 2 heterocycles. The summed E-state index contributed by atoms with van der Waals surface area (Å²) in [5.41, 5.74) is 3.25. The number of amides is 1. The van der Waals surface area contributed by atoms with Crippen molar-refractivity contribution in [2.45, 2.75) is 19.9 Å². The van der Waals surface area contributed by atoms with E-state index in [9.17, 15) is 4.79 Å². The van der Waals surface area contributed by atoms with E-state index in [2.05, 4.69) is 20.5 Å². The van der Waals surface area contributed by atoms with E-state index in [0.717, 1.165) is 10.2 Å². The number of fused-ring (bicyclic) bond motifs is 1. The molecule has 0 atom stereocenters. The largest absolute Gasteiger partial charge is 0.304 e. The molecular weight excluding hydrogens is 274 g/mol. The quantitative estimate of drug-likeness (QED) is 0.804. The first-order valence-corrected chi connectivity index (χ1v) is 7.08. The second-order valence-electron chi connectivity index (χ2n) is 4.63. The molecule has 1 amide bonds. The van der Waals surface area contributed by atoms with Crippen LogP contribution in [0.1, 0.15) is 30.2 Å². The Bertz CT molecular complexity index is 761. The summed E-state index contributed by atoms with van der Waals surface area (Å²) in [6.07, 6.45) is 1.54. The molecule has 0 saturated carbocycles. The Labute approximate surface area is 119 Å². The van der Waals surface area contributed by atoms with E-state index in [4.69, 9.17) is 0 Å². The highest BCUT2D eigenvalue weighted by Crippen LogP contribution is 2.19. The number of hydrogen-bond donors (Lipinski definition) is 1. The molecule has 0 spiro atoms. The molecule has 3 rings (SSSR count). The van der Waals surface area contributed by atoms with Crippen LogP contribution in [0.5, 0.6) is 0 Å². The smallest absolute Gasteiger partial charge is 0.256 e. The van der Waals surface area contributed by atoms with Gasteiger partial charge in [-0.1, -0.05) is 0 Å². The van der Waals surface area contributed by atoms with Crippen LogP contribution in [0.3, 0.4) is 0 Å². The lowest BCUT2D eigenvalue weighted by molar-refractivity contribution is 0.102. The minimum atomic E-state index is -0.198. The summed E-state index contributed by atoms with van der Waals surface area (Å²) in [7, 11) is 0. The van der Waals surface area contributed by atoms with Crippen molar-refractivity contribution < 1.29 is 4.79 Å². The number of benzene rings is 1. The van der Waals surface area contributed by atoms with Crippen molar-refractivity contribution in [2.24, 2.45) is 0 Å². The number of carbonyl (C=O) groups excluding carboxylic acids is 1. The molecule has 0 radical (unpaired) electrons. The zero-order valence-corrected chi connectivity index (χ0v) is 11.9. The Kier molecular flexibility index (Phi) is 3.19. The predicted octanol–water partition coefficient (Wildman–Crippen LogP) is 2.72. The number of nitrogens with zero attached hydrogens (tertiary/aromatic N) is 4. The van der Waals surface area contributed by atoms with Crippen LogP contribution >= 0.6 is 11.3 Å². The third-order valence-electron chi connectivity index (χ3n) is 2.81. The van der Waals surface area contributed by atoms with Crippen LogP contribution in [0.2, 0.25) is 0 Å². The van der Waals surface area contributed by atoms with Crippen molar-refractivity contribution in [2.75, 3.05) is 5.32 Å². The second kappa shape index (κ2) is 5.01. The molecule has 0 unspecified atom stereocenters. The number of nitrogens with one attached hydrogen (secondary N) is 1. The van der Waals surface area contributed by atoms with Crippen LogP contribution in [-0.4, -0.2) is 25.9 Å². The van der Waals surface area contributed by atoms with Gasteiger partial charge < -0.3 is 5.32 Å². The minimum absolute atomic E-state index is 0.161. The van der Waals surface area contributed by atoms with E-state index < -0.39 is 0 Å². The Balaban J connectivity index is 1.80. The van der Waals surface area contributed by atoms with Gasteiger partial charge in [-0.25, -0.2) is 4.98 Å². The van der Waals surface area contributed by atoms with Crippen molar-refractivity contribution in [1.29, 1.82) is 0 Å². The van der Waals surface area contributed by atoms with Crippen molar-refractivity contribution in [1.82, 2.24) is 20.0 Å². The summed E-state index contributed by atoms with van der Waals surface area (Å²) in [5, 5.41) is 11.0. The second-order valence-corrected chi connectivity index (χ2v) is 5.52. The van der Waals surface area contributed by atoms with Crippen molar-refractivity contribution in [3.8, 4) is 0 Å². The summed E-state index contributed by atoms with van der Waals surface area (Å²) in [6, 6.07) is 5.58. The maximum absolute atomic E-state index is 12.2. The molecule has 1 aromatic carbocycles. The van der Waals surface area contributed by atoms with Gasteiger partial charge in [-0.05, 0) is 32.0 Å². The predicted molar refractivity (Wildman–Crippen MR) is 78.0 cm³/mol. The molecule has 3 aromatic rings. The summed E-state index contributed by atoms with van der Waals surface area (Å²) >= 11 is 1.51. The fourth-order valence-corrected chi connectivity index (χ4v) is 2.48. The highest BCUT2D eigenvalue weighted by molar-refractivity contribution is 7.16. The first-order chi connectivity index (χ1) is 9.63. The van der Waals surface area contributed by atoms with Crippen LogP contribution in [-0.2, 0) is 0 Å². The monoisotopic (exact) mass is 287 g/mol. The van der Waals surface area contributed by atoms with E-state index in [1.807, 2.05) is 26.0 Å². The third kappa shape index (κ3) is 2.39. The Morgan fingerprint density at radius 1 is 1.40 bits per heavy atom. The van der Waals surface area contributed by atoms with Crippen molar-refractivity contribution in [3.63, 3.8) is 0 Å². The van der Waals surface area contributed by atoms with Crippen LogP contribution in [0, 0.1) is 0 Å². The van der Waals surface area contributed by atoms with Gasteiger partial charge >= 0.3 is 0 Å². The van der Waals surface area contributed by atoms with Gasteiger partial charge in [0.2, 0.25) is 0 Å². The van der Waals surface area contributed by atoms with E-state index in [0.29, 0.717) is 11.4 Å². The van der Waals surface area contributed by atoms with Gasteiger partial charge in [0.25, 0.3) is 5.91 Å². The zero-order chi connectivity index (χ0) is 14.1. The molecule has 0 saturated heterocycles. The number of rotatable bonds is 3. The van der Waals surface area contributed by atoms with Gasteiger partial charge in [-0.15, -0.1) is 16.4 Å². The van der Waals surface area contributed by atoms with Gasteiger partial charge in [0.05, 0.1) is 28.0 Å². The number of aromatic nitrogens is 4. The molecule has 102 valence electrons. The van der Waals surface area contributed by atoms with Crippen LogP contribution in [0.15, 0.2) is 29.9 Å². The summed E-state index contributed by atoms with van der Waals surface area (Å²) in [5.74, 6) is 0.254. The first-order valence-electron chi connectivity index (χ1n) is 6.20. The van der Waals surface area contributed by atoms with Crippen LogP contribution in [0.4, 0.5) is 5.82 Å². The highest BCUT2D eigenvalue weighted by Gasteiger charge is 2.10. The zero-order valence-electron chi connectivity index (χ0n) is 11.1. The van der Waals surface area contributed by atoms with E-state index in [-0.39, 0.29) is 11.9 Å². The molecule has 0 aliphatic rings. The molecule has 1 N–H and O–H groups in total. The van der Waals surface area contributed by atoms with Crippen molar-refractivity contribution in [3.05, 3.63) is 35.5 Å². The summed E-state index contributed by atoms with van der Waals surface area (Å²) in [4.78, 5) is 17.9. The molecular formula is C13H13N5OS. The lowest BCUT2D eigenvalue weighted by atomic mass is 10.2. The Hall–Kier alpha value is -2.28. The molecule has 0 aliphatic heterocycles. The molecule has 2 aromatic heterocycles. The molecule has 0 fully saturated rings. The Morgan fingerprint density at radius 3 is 3.00 bits per heavy atom. The average molecular weight is 287 g/mol. The fourth-order valence-electron chi connectivity index (χ4n) is 1.77. The van der Waals surface area contributed by atoms with E-state index in [1.165, 1.54) is 11.3 Å². The lowest BCUT2D eigenvalue weighted by Gasteiger charge is -2.03. The van der Waals surface area contributed by atoms with Gasteiger partial charge in [0, 0.05) is 5.56 Å². The fraction of sp³-hybridized carbons (Fsp3) is 0.231. The first kappa shape index (κ1) is 12.7. The molecule has 6 nitrogen and oxygen atoms in total. The average Bonchev–Trinajstić information content (AvgIpc) is 3.05. The lowest BCUT2D eigenvalue weighted by Crippen LogP contribution is -2.13. The maximum Gasteiger partial charge on any atom is 0.256 e. The molecule has 7 heteroatoms. The number of anilines is 1. The van der Waals surface area contributed by atoms with Gasteiger partial charge in [-0.3, -0.25) is 4.79 Å².